The van der Waals surface area contributed by atoms with Gasteiger partial charge >= 0.3 is 152 Å². The molecule has 2 aromatic heterocycles. The molecule has 2 heterocycles. The Morgan fingerprint density at radius 1 is 1.08 bits per heavy atom. The zero-order chi connectivity index (χ0) is 28.6. The number of hydrogen-bond acceptors (Lipinski definition) is 7. The van der Waals surface area contributed by atoms with Gasteiger partial charge in [-0.25, -0.2) is 4.98 Å². The molecule has 210 valence electrons. The van der Waals surface area contributed by atoms with Gasteiger partial charge in [-0.2, -0.15) is 0 Å². The van der Waals surface area contributed by atoms with Crippen molar-refractivity contribution in [2.75, 3.05) is 23.0 Å². The maximum atomic E-state index is 13.3. The van der Waals surface area contributed by atoms with Crippen LogP contribution in [0, 0.1) is 21.2 Å². The minimum atomic E-state index is -2.82. The molecule has 0 aliphatic rings. The molecular formula is C29H34ClFIN4O3-. The van der Waals surface area contributed by atoms with Crippen LogP contribution in [0.2, 0.25) is 5.15 Å². The molecule has 10 heteroatoms. The fourth-order valence-electron chi connectivity index (χ4n) is 4.07. The molecule has 0 spiro atoms. The number of fused-ring (bicyclic) bond motifs is 1. The number of rotatable bonds is 9. The van der Waals surface area contributed by atoms with Crippen LogP contribution in [0.5, 0.6) is 5.75 Å². The number of hydrogen-bond donors (Lipinski definition) is 1. The van der Waals surface area contributed by atoms with Gasteiger partial charge in [-0.05, 0) is 25.1 Å². The number of pyridine rings is 2. The van der Waals surface area contributed by atoms with Crippen molar-refractivity contribution >= 4 is 22.5 Å². The van der Waals surface area contributed by atoms with Crippen LogP contribution in [0.15, 0.2) is 59.8 Å². The predicted molar refractivity (Wildman–Crippen MR) is 152 cm³/mol. The second-order valence-corrected chi connectivity index (χ2v) is 17.7. The van der Waals surface area contributed by atoms with Gasteiger partial charge in [0.2, 0.25) is 0 Å². The maximum Gasteiger partial charge on any atom is 0.171 e. The van der Waals surface area contributed by atoms with E-state index in [9.17, 15) is 9.30 Å². The van der Waals surface area contributed by atoms with Crippen LogP contribution in [-0.4, -0.2) is 33.0 Å². The van der Waals surface area contributed by atoms with Crippen LogP contribution in [0.3, 0.4) is 0 Å². The van der Waals surface area contributed by atoms with Gasteiger partial charge < -0.3 is 4.74 Å². The molecule has 7 nitrogen and oxygen atoms in total. The summed E-state index contributed by atoms with van der Waals surface area (Å²) in [6, 6.07) is 16.2. The van der Waals surface area contributed by atoms with Crippen LogP contribution in [0.25, 0.3) is 22.2 Å². The molecule has 0 amide bonds. The SMILES string of the molecule is CCc1c([I-](C)(CC)ON)cc(CCN=O)nc1-c1ccc(F)cc1.COc1cc2cc(C)ccc2nc1Cl. The van der Waals surface area contributed by atoms with Crippen molar-refractivity contribution in [3.8, 4) is 17.0 Å². The monoisotopic (exact) mass is 667 g/mol. The van der Waals surface area contributed by atoms with Crippen LogP contribution in [0.4, 0.5) is 4.39 Å². The second kappa shape index (κ2) is 14.1. The third-order valence-corrected chi connectivity index (χ3v) is 14.0. The summed E-state index contributed by atoms with van der Waals surface area (Å²) in [4.78, 5) is 21.6. The van der Waals surface area contributed by atoms with Crippen molar-refractivity contribution in [2.45, 2.75) is 33.6 Å². The summed E-state index contributed by atoms with van der Waals surface area (Å²) in [5.41, 5.74) is 5.61. The molecule has 2 N–H and O–H groups in total. The Kier molecular flexibility index (Phi) is 11.1. The average molecular weight is 668 g/mol. The minimum absolute atomic E-state index is 0.166. The number of ether oxygens (including phenoxy) is 1. The van der Waals surface area contributed by atoms with E-state index in [0.717, 1.165) is 47.8 Å². The zero-order valence-electron chi connectivity index (χ0n) is 22.8. The van der Waals surface area contributed by atoms with E-state index in [2.05, 4.69) is 35.0 Å². The molecule has 39 heavy (non-hydrogen) atoms. The minimum Gasteiger partial charge on any atom is -0.494 e. The number of halogens is 3. The number of nitrogens with two attached hydrogens (primary N) is 1. The first-order valence-corrected chi connectivity index (χ1v) is 18.5. The van der Waals surface area contributed by atoms with Crippen molar-refractivity contribution in [3.63, 3.8) is 0 Å². The molecule has 0 bridgehead atoms. The van der Waals surface area contributed by atoms with Gasteiger partial charge in [0.05, 0.1) is 12.6 Å². The van der Waals surface area contributed by atoms with Gasteiger partial charge in [-0.1, -0.05) is 23.2 Å². The Morgan fingerprint density at radius 3 is 2.38 bits per heavy atom. The quantitative estimate of drug-likeness (QED) is 0.0961. The van der Waals surface area contributed by atoms with Crippen molar-refractivity contribution in [1.82, 2.24) is 9.97 Å². The molecule has 0 aliphatic heterocycles. The average Bonchev–Trinajstić information content (AvgIpc) is 2.95. The van der Waals surface area contributed by atoms with Gasteiger partial charge in [0, 0.05) is 5.39 Å². The molecule has 0 aliphatic carbocycles. The van der Waals surface area contributed by atoms with E-state index in [1.807, 2.05) is 31.2 Å². The summed E-state index contributed by atoms with van der Waals surface area (Å²) < 4.78 is 25.9. The van der Waals surface area contributed by atoms with E-state index in [1.54, 1.807) is 19.2 Å². The molecule has 0 radical (unpaired) electrons. The van der Waals surface area contributed by atoms with Gasteiger partial charge in [0.25, 0.3) is 0 Å². The van der Waals surface area contributed by atoms with Gasteiger partial charge in [0.15, 0.2) is 10.9 Å². The van der Waals surface area contributed by atoms with Crippen molar-refractivity contribution < 1.29 is 31.1 Å². The maximum absolute atomic E-state index is 13.3. The van der Waals surface area contributed by atoms with Crippen LogP contribution in [0.1, 0.15) is 30.7 Å². The Balaban J connectivity index is 0.000000252. The van der Waals surface area contributed by atoms with Gasteiger partial charge in [-0.15, -0.1) is 0 Å². The first kappa shape index (κ1) is 30.8. The summed E-state index contributed by atoms with van der Waals surface area (Å²) in [5.74, 6) is 6.00. The standard InChI is InChI=1S/C18H24FIN3O2.C11H10ClNO/c1-4-16-17(20(3,5-2)25-21)12-15(10-11-22-24)23-18(16)13-6-8-14(19)9-7-13;1-7-3-4-9-8(5-7)6-10(14-2)11(12)13-9/h6-9,12H,4-5,10-11,21H2,1-3H3;3-6H,1-2H3/q-1;. The summed E-state index contributed by atoms with van der Waals surface area (Å²) in [5, 5.41) is 4.39. The zero-order valence-corrected chi connectivity index (χ0v) is 25.7. The van der Waals surface area contributed by atoms with Crippen molar-refractivity contribution in [1.29, 1.82) is 0 Å². The third kappa shape index (κ3) is 7.47. The molecule has 0 saturated carbocycles. The number of aryl methyl sites for hydroxylation is 1. The summed E-state index contributed by atoms with van der Waals surface area (Å²) in [7, 11) is 1.59. The van der Waals surface area contributed by atoms with E-state index in [1.165, 1.54) is 17.7 Å². The van der Waals surface area contributed by atoms with Crippen molar-refractivity contribution in [2.24, 2.45) is 11.1 Å². The van der Waals surface area contributed by atoms with Gasteiger partial charge in [0.1, 0.15) is 0 Å². The first-order valence-electron chi connectivity index (χ1n) is 12.4. The van der Waals surface area contributed by atoms with Crippen LogP contribution in [-0.2, 0) is 16.0 Å². The van der Waals surface area contributed by atoms with E-state index in [0.29, 0.717) is 17.3 Å². The Hall–Kier alpha value is -2.73. The van der Waals surface area contributed by atoms with E-state index in [-0.39, 0.29) is 12.4 Å². The molecule has 1 atom stereocenters. The fraction of sp³-hybridized carbons (Fsp3) is 0.310. The van der Waals surface area contributed by atoms with Gasteiger partial charge in [-0.3, -0.25) is 0 Å². The second-order valence-electron chi connectivity index (χ2n) is 8.85. The molecule has 0 fully saturated rings. The first-order chi connectivity index (χ1) is 18.7. The summed E-state index contributed by atoms with van der Waals surface area (Å²) >= 11 is 3.09. The molecule has 1 unspecified atom stereocenters. The number of alkyl halides is 2. The molecule has 4 rings (SSSR count). The van der Waals surface area contributed by atoms with E-state index >= 15 is 0 Å². The summed E-state index contributed by atoms with van der Waals surface area (Å²) in [6.07, 6.45) is 1.23. The number of aromatic nitrogens is 2. The number of benzene rings is 2. The smallest absolute Gasteiger partial charge is 0.171 e. The largest absolute Gasteiger partial charge is 0.494 e. The number of nitroso groups, excluding NO2 is 1. The normalized spacial score (nSPS) is 13.2. The van der Waals surface area contributed by atoms with Crippen molar-refractivity contribution in [3.05, 3.63) is 90.9 Å². The van der Waals surface area contributed by atoms with Crippen LogP contribution < -0.4 is 29.5 Å². The topological polar surface area (TPSA) is 99.7 Å². The summed E-state index contributed by atoms with van der Waals surface area (Å²) in [6.45, 7) is 6.35. The third-order valence-electron chi connectivity index (χ3n) is 6.30. The fourth-order valence-corrected chi connectivity index (χ4v) is 8.78. The Bertz CT molecular complexity index is 1430. The Labute approximate surface area is 238 Å². The predicted octanol–water partition coefficient (Wildman–Crippen LogP) is 3.75. The van der Waals surface area contributed by atoms with E-state index in [4.69, 9.17) is 30.4 Å². The molecule has 0 saturated heterocycles. The Morgan fingerprint density at radius 2 is 1.79 bits per heavy atom. The molecule has 2 aromatic carbocycles. The van der Waals surface area contributed by atoms with E-state index < -0.39 is 18.8 Å². The van der Waals surface area contributed by atoms with Crippen LogP contribution >= 0.6 is 11.6 Å². The number of methoxy groups -OCH3 is 1. The molecular weight excluding hydrogens is 634 g/mol. The molecule has 4 aromatic rings. The number of nitrogens with zero attached hydrogens (tertiary/aromatic N) is 3.